The van der Waals surface area contributed by atoms with Gasteiger partial charge >= 0.3 is 0 Å². The number of hydrogen-bond acceptors (Lipinski definition) is 1. The van der Waals surface area contributed by atoms with Crippen LogP contribution >= 0.6 is 0 Å². The Morgan fingerprint density at radius 1 is 0.284 bits per heavy atom. The lowest BCUT2D eigenvalue weighted by Gasteiger charge is -2.49. The lowest BCUT2D eigenvalue weighted by Crippen LogP contribution is -2.44. The largest absolute Gasteiger partial charge is 0.310 e. The van der Waals surface area contributed by atoms with Crippen LogP contribution in [0.3, 0.4) is 0 Å². The van der Waals surface area contributed by atoms with E-state index in [0.29, 0.717) is 0 Å². The zero-order valence-electron chi connectivity index (χ0n) is 40.6. The van der Waals surface area contributed by atoms with E-state index in [1.54, 1.807) is 0 Å². The Morgan fingerprint density at radius 2 is 0.824 bits per heavy atom. The normalized spacial score (nSPS) is 16.2. The molecule has 1 heterocycles. The van der Waals surface area contributed by atoms with E-state index in [9.17, 15) is 0 Å². The van der Waals surface area contributed by atoms with Gasteiger partial charge in [0.1, 0.15) is 0 Å². The van der Waals surface area contributed by atoms with Gasteiger partial charge < -0.3 is 9.47 Å². The molecule has 74 heavy (non-hydrogen) atoms. The van der Waals surface area contributed by atoms with Crippen LogP contribution < -0.4 is 4.90 Å². The summed E-state index contributed by atoms with van der Waals surface area (Å²) >= 11 is 0. The SMILES string of the molecule is c1ccc(-c2ccc(N(c3cccc(C4(c5ccccc5)c5ccccc5C5(c6ccccc6)c6ccccc6-c6cccc4c65)c3)c3ccc4c(c3)c3ccccc3n4-c3ccc4ccccc4c3)cc2)cc1. The molecular formula is C72H48N2. The van der Waals surface area contributed by atoms with E-state index in [1.165, 1.54) is 99.3 Å². The van der Waals surface area contributed by atoms with Gasteiger partial charge in [0, 0.05) is 33.5 Å². The number of aromatic nitrogens is 1. The molecule has 1 aromatic heterocycles. The predicted octanol–water partition coefficient (Wildman–Crippen LogP) is 18.1. The lowest BCUT2D eigenvalue weighted by atomic mass is 9.51. The van der Waals surface area contributed by atoms with Gasteiger partial charge in [0.2, 0.25) is 0 Å². The van der Waals surface area contributed by atoms with Crippen molar-refractivity contribution in [1.29, 1.82) is 0 Å². The summed E-state index contributed by atoms with van der Waals surface area (Å²) in [7, 11) is 0. The first-order valence-electron chi connectivity index (χ1n) is 25.7. The van der Waals surface area contributed by atoms with Crippen molar-refractivity contribution >= 4 is 49.6 Å². The van der Waals surface area contributed by atoms with Crippen molar-refractivity contribution in [3.63, 3.8) is 0 Å². The van der Waals surface area contributed by atoms with Crippen molar-refractivity contribution in [2.45, 2.75) is 10.8 Å². The topological polar surface area (TPSA) is 8.17 Å². The van der Waals surface area contributed by atoms with Gasteiger partial charge in [-0.1, -0.05) is 231 Å². The molecule has 2 aliphatic carbocycles. The number of nitrogens with zero attached hydrogens (tertiary/aromatic N) is 2. The summed E-state index contributed by atoms with van der Waals surface area (Å²) in [5.41, 5.74) is 20.8. The summed E-state index contributed by atoms with van der Waals surface area (Å²) in [5, 5.41) is 4.88. The molecule has 0 saturated heterocycles. The quantitative estimate of drug-likeness (QED) is 0.147. The second kappa shape index (κ2) is 16.5. The van der Waals surface area contributed by atoms with Gasteiger partial charge in [-0.25, -0.2) is 0 Å². The highest BCUT2D eigenvalue weighted by Gasteiger charge is 2.57. The van der Waals surface area contributed by atoms with Gasteiger partial charge in [-0.05, 0) is 138 Å². The maximum absolute atomic E-state index is 2.48. The van der Waals surface area contributed by atoms with Gasteiger partial charge in [-0.3, -0.25) is 0 Å². The molecule has 0 fully saturated rings. The minimum absolute atomic E-state index is 0.524. The minimum atomic E-state index is -0.695. The fourth-order valence-corrected chi connectivity index (χ4v) is 13.3. The maximum atomic E-state index is 2.48. The molecule has 0 saturated carbocycles. The van der Waals surface area contributed by atoms with E-state index in [-0.39, 0.29) is 0 Å². The first-order valence-corrected chi connectivity index (χ1v) is 25.7. The van der Waals surface area contributed by atoms with Crippen LogP contribution in [0.4, 0.5) is 17.1 Å². The van der Waals surface area contributed by atoms with E-state index in [4.69, 9.17) is 0 Å². The molecular weight excluding hydrogens is 893 g/mol. The van der Waals surface area contributed by atoms with E-state index in [0.717, 1.165) is 22.7 Å². The second-order valence-electron chi connectivity index (χ2n) is 19.9. The molecule has 2 aliphatic rings. The molecule has 0 spiro atoms. The highest BCUT2D eigenvalue weighted by Crippen LogP contribution is 2.66. The van der Waals surface area contributed by atoms with E-state index >= 15 is 0 Å². The lowest BCUT2D eigenvalue weighted by molar-refractivity contribution is 0.627. The highest BCUT2D eigenvalue weighted by atomic mass is 15.1. The summed E-state index contributed by atoms with van der Waals surface area (Å²) < 4.78 is 2.43. The van der Waals surface area contributed by atoms with Crippen molar-refractivity contribution in [3.05, 3.63) is 336 Å². The van der Waals surface area contributed by atoms with Gasteiger partial charge in [0.15, 0.2) is 0 Å². The first-order chi connectivity index (χ1) is 36.7. The van der Waals surface area contributed by atoms with Crippen LogP contribution in [-0.2, 0) is 10.8 Å². The molecule has 2 atom stereocenters. The Morgan fingerprint density at radius 3 is 1.61 bits per heavy atom. The van der Waals surface area contributed by atoms with Gasteiger partial charge in [0.05, 0.1) is 21.9 Å². The van der Waals surface area contributed by atoms with Crippen molar-refractivity contribution in [2.75, 3.05) is 4.90 Å². The Kier molecular flexibility index (Phi) is 9.43. The Balaban J connectivity index is 0.988. The third-order valence-electron chi connectivity index (χ3n) is 16.3. The molecule has 0 radical (unpaired) electrons. The predicted molar refractivity (Wildman–Crippen MR) is 308 cm³/mol. The maximum Gasteiger partial charge on any atom is 0.0720 e. The van der Waals surface area contributed by atoms with Gasteiger partial charge in [0.25, 0.3) is 0 Å². The fraction of sp³-hybridized carbons (Fsp3) is 0.0278. The van der Waals surface area contributed by atoms with Crippen molar-refractivity contribution in [1.82, 2.24) is 4.57 Å². The minimum Gasteiger partial charge on any atom is -0.310 e. The molecule has 0 bridgehead atoms. The molecule has 2 nitrogen and oxygen atoms in total. The van der Waals surface area contributed by atoms with Crippen LogP contribution in [0.2, 0.25) is 0 Å². The Labute approximate surface area is 431 Å². The third kappa shape index (κ3) is 6.00. The van der Waals surface area contributed by atoms with Crippen LogP contribution in [0.1, 0.15) is 44.5 Å². The summed E-state index contributed by atoms with van der Waals surface area (Å²) in [4.78, 5) is 2.47. The molecule has 346 valence electrons. The molecule has 12 aromatic carbocycles. The smallest absolute Gasteiger partial charge is 0.0720 e. The average molecular weight is 941 g/mol. The number of hydrogen-bond donors (Lipinski definition) is 0. The molecule has 0 amide bonds. The molecule has 0 aliphatic heterocycles. The average Bonchev–Trinajstić information content (AvgIpc) is 4.09. The van der Waals surface area contributed by atoms with Crippen LogP contribution in [0.15, 0.2) is 291 Å². The van der Waals surface area contributed by atoms with Crippen molar-refractivity contribution < 1.29 is 0 Å². The van der Waals surface area contributed by atoms with Crippen molar-refractivity contribution in [2.24, 2.45) is 0 Å². The first kappa shape index (κ1) is 42.2. The standard InChI is InChI=1S/C72H48N2/c1-4-20-49(21-5-1)51-38-41-56(42-39-51)73(59-44-45-69-63(48-59)61-31-13-17-37-68(61)74(69)58-43-40-50-22-10-11-23-52(50)46-58)57-29-18-28-55(47-57)71(53-24-6-2-7-25-53)65-34-15-16-35-66(65)72(54-26-8-3-9-27-54)64-33-14-12-30-60(64)62-32-19-36-67(71)70(62)72/h1-48H. The van der Waals surface area contributed by atoms with Crippen LogP contribution in [0.5, 0.6) is 0 Å². The number of fused-ring (bicyclic) bond motifs is 9. The molecule has 15 rings (SSSR count). The van der Waals surface area contributed by atoms with E-state index in [2.05, 4.69) is 301 Å². The molecule has 0 N–H and O–H groups in total. The summed E-state index contributed by atoms with van der Waals surface area (Å²) in [5.74, 6) is 0. The third-order valence-corrected chi connectivity index (χ3v) is 16.3. The van der Waals surface area contributed by atoms with Gasteiger partial charge in [-0.2, -0.15) is 0 Å². The summed E-state index contributed by atoms with van der Waals surface area (Å²) in [6, 6.07) is 109. The second-order valence-corrected chi connectivity index (χ2v) is 19.9. The Hall–Kier alpha value is -9.50. The molecule has 13 aromatic rings. The van der Waals surface area contributed by atoms with Crippen LogP contribution in [-0.4, -0.2) is 4.57 Å². The number of rotatable bonds is 8. The van der Waals surface area contributed by atoms with Crippen LogP contribution in [0, 0.1) is 0 Å². The van der Waals surface area contributed by atoms with Gasteiger partial charge in [-0.15, -0.1) is 0 Å². The van der Waals surface area contributed by atoms with Crippen molar-refractivity contribution in [3.8, 4) is 27.9 Å². The summed E-state index contributed by atoms with van der Waals surface area (Å²) in [6.45, 7) is 0. The van der Waals surface area contributed by atoms with Crippen LogP contribution in [0.25, 0.3) is 60.5 Å². The number of anilines is 3. The number of benzene rings is 12. The van der Waals surface area contributed by atoms with E-state index < -0.39 is 10.8 Å². The molecule has 2 unspecified atom stereocenters. The zero-order chi connectivity index (χ0) is 48.8. The van der Waals surface area contributed by atoms with E-state index in [1.807, 2.05) is 0 Å². The Bertz CT molecular complexity index is 4310. The summed E-state index contributed by atoms with van der Waals surface area (Å²) in [6.07, 6.45) is 0. The molecule has 2 heteroatoms. The monoisotopic (exact) mass is 940 g/mol. The zero-order valence-corrected chi connectivity index (χ0v) is 40.6. The fourth-order valence-electron chi connectivity index (χ4n) is 13.3. The number of para-hydroxylation sites is 1. The highest BCUT2D eigenvalue weighted by molar-refractivity contribution is 6.11.